The van der Waals surface area contributed by atoms with E-state index in [-0.39, 0.29) is 0 Å². The van der Waals surface area contributed by atoms with E-state index in [9.17, 15) is 0 Å². The second kappa shape index (κ2) is 10.7. The van der Waals surface area contributed by atoms with Crippen molar-refractivity contribution in [2.45, 2.75) is 6.61 Å². The molecule has 0 spiro atoms. The fraction of sp³-hybridized carbons (Fsp3) is 0.240. The van der Waals surface area contributed by atoms with Gasteiger partial charge in [0.1, 0.15) is 6.61 Å². The third-order valence-electron chi connectivity index (χ3n) is 5.17. The molecule has 0 bridgehead atoms. The third-order valence-corrected chi connectivity index (χ3v) is 5.76. The van der Waals surface area contributed by atoms with Crippen LogP contribution in [0.25, 0.3) is 0 Å². The van der Waals surface area contributed by atoms with Gasteiger partial charge in [-0.1, -0.05) is 29.3 Å². The second-order valence-electron chi connectivity index (χ2n) is 7.31. The van der Waals surface area contributed by atoms with Gasteiger partial charge in [0.15, 0.2) is 11.5 Å². The van der Waals surface area contributed by atoms with Crippen LogP contribution in [0.1, 0.15) is 11.1 Å². The van der Waals surface area contributed by atoms with Gasteiger partial charge in [0.2, 0.25) is 0 Å². The third kappa shape index (κ3) is 5.74. The average Bonchev–Trinajstić information content (AvgIpc) is 2.83. The van der Waals surface area contributed by atoms with Gasteiger partial charge in [-0.15, -0.1) is 0 Å². The number of benzene rings is 3. The standard InChI is InChI=1S/C25H24Cl2N2O3/c1-30-25-14-18(2-9-24(25)32-17-19-3-4-20(26)15-23(19)27)16-28-21-5-7-22(8-6-21)29-10-12-31-13-11-29/h2-9,14-16H,10-13,17H2,1H3. The number of ether oxygens (including phenoxy) is 3. The summed E-state index contributed by atoms with van der Waals surface area (Å²) in [6.07, 6.45) is 1.81. The van der Waals surface area contributed by atoms with E-state index < -0.39 is 0 Å². The zero-order chi connectivity index (χ0) is 22.3. The van der Waals surface area contributed by atoms with Crippen LogP contribution in [-0.2, 0) is 11.3 Å². The molecular weight excluding hydrogens is 447 g/mol. The van der Waals surface area contributed by atoms with Crippen LogP contribution in [0.2, 0.25) is 10.0 Å². The van der Waals surface area contributed by atoms with Gasteiger partial charge in [0, 0.05) is 40.6 Å². The summed E-state index contributed by atoms with van der Waals surface area (Å²) in [6.45, 7) is 3.69. The molecule has 3 aromatic carbocycles. The predicted molar refractivity (Wildman–Crippen MR) is 131 cm³/mol. The van der Waals surface area contributed by atoms with E-state index in [1.807, 2.05) is 42.6 Å². The minimum absolute atomic E-state index is 0.315. The fourth-order valence-corrected chi connectivity index (χ4v) is 3.86. The Morgan fingerprint density at radius 1 is 0.969 bits per heavy atom. The number of aliphatic imine (C=N–C) groups is 1. The summed E-state index contributed by atoms with van der Waals surface area (Å²) in [5.41, 5.74) is 3.84. The number of anilines is 1. The summed E-state index contributed by atoms with van der Waals surface area (Å²) >= 11 is 12.2. The normalized spacial score (nSPS) is 14.0. The van der Waals surface area contributed by atoms with E-state index >= 15 is 0 Å². The van der Waals surface area contributed by atoms with Crippen molar-refractivity contribution in [3.8, 4) is 11.5 Å². The molecule has 3 aromatic rings. The minimum Gasteiger partial charge on any atom is -0.493 e. The number of nitrogens with zero attached hydrogens (tertiary/aromatic N) is 2. The molecule has 0 radical (unpaired) electrons. The van der Waals surface area contributed by atoms with Crippen LogP contribution in [0.15, 0.2) is 65.7 Å². The quantitative estimate of drug-likeness (QED) is 0.387. The zero-order valence-electron chi connectivity index (χ0n) is 17.8. The van der Waals surface area contributed by atoms with Crippen molar-refractivity contribution >= 4 is 40.8 Å². The topological polar surface area (TPSA) is 43.3 Å². The van der Waals surface area contributed by atoms with E-state index in [0.717, 1.165) is 43.1 Å². The summed E-state index contributed by atoms with van der Waals surface area (Å²) in [4.78, 5) is 6.90. The first kappa shape index (κ1) is 22.5. The maximum atomic E-state index is 6.23. The van der Waals surface area contributed by atoms with E-state index in [1.165, 1.54) is 5.69 Å². The molecular formula is C25H24Cl2N2O3. The highest BCUT2D eigenvalue weighted by Gasteiger charge is 2.11. The number of morpholine rings is 1. The Morgan fingerprint density at radius 2 is 1.75 bits per heavy atom. The Morgan fingerprint density at radius 3 is 2.47 bits per heavy atom. The zero-order valence-corrected chi connectivity index (χ0v) is 19.3. The lowest BCUT2D eigenvalue weighted by Crippen LogP contribution is -2.36. The molecule has 0 aliphatic carbocycles. The molecule has 0 N–H and O–H groups in total. The maximum absolute atomic E-state index is 6.23. The predicted octanol–water partition coefficient (Wildman–Crippen LogP) is 6.17. The van der Waals surface area contributed by atoms with Crippen molar-refractivity contribution in [3.63, 3.8) is 0 Å². The molecule has 7 heteroatoms. The lowest BCUT2D eigenvalue weighted by atomic mass is 10.2. The number of hydrogen-bond acceptors (Lipinski definition) is 5. The summed E-state index contributed by atoms with van der Waals surface area (Å²) in [5, 5.41) is 1.16. The Hall–Kier alpha value is -2.73. The van der Waals surface area contributed by atoms with Gasteiger partial charge in [-0.3, -0.25) is 4.99 Å². The summed E-state index contributed by atoms with van der Waals surface area (Å²) in [6, 6.07) is 19.3. The van der Waals surface area contributed by atoms with Crippen LogP contribution in [0.4, 0.5) is 11.4 Å². The van der Waals surface area contributed by atoms with Crippen LogP contribution in [0.3, 0.4) is 0 Å². The van der Waals surface area contributed by atoms with Gasteiger partial charge in [0.05, 0.1) is 26.0 Å². The van der Waals surface area contributed by atoms with Gasteiger partial charge >= 0.3 is 0 Å². The van der Waals surface area contributed by atoms with Gasteiger partial charge < -0.3 is 19.1 Å². The van der Waals surface area contributed by atoms with Crippen molar-refractivity contribution in [1.82, 2.24) is 0 Å². The molecule has 0 unspecified atom stereocenters. The lowest BCUT2D eigenvalue weighted by Gasteiger charge is -2.28. The first-order valence-corrected chi connectivity index (χ1v) is 11.1. The van der Waals surface area contributed by atoms with Crippen LogP contribution in [0.5, 0.6) is 11.5 Å². The Labute approximate surface area is 198 Å². The van der Waals surface area contributed by atoms with Gasteiger partial charge in [-0.05, 0) is 60.2 Å². The molecule has 4 rings (SSSR count). The van der Waals surface area contributed by atoms with E-state index in [1.54, 1.807) is 19.2 Å². The highest BCUT2D eigenvalue weighted by atomic mass is 35.5. The Bertz CT molecular complexity index is 1080. The van der Waals surface area contributed by atoms with Crippen molar-refractivity contribution in [2.24, 2.45) is 4.99 Å². The SMILES string of the molecule is COc1cc(C=Nc2ccc(N3CCOCC3)cc2)ccc1OCc1ccc(Cl)cc1Cl. The summed E-state index contributed by atoms with van der Waals surface area (Å²) in [7, 11) is 1.61. The molecule has 0 aromatic heterocycles. The van der Waals surface area contributed by atoms with Crippen LogP contribution in [-0.4, -0.2) is 39.6 Å². The monoisotopic (exact) mass is 470 g/mol. The molecule has 1 heterocycles. The first-order valence-electron chi connectivity index (χ1n) is 10.3. The molecule has 0 atom stereocenters. The van der Waals surface area contributed by atoms with Gasteiger partial charge in [-0.2, -0.15) is 0 Å². The van der Waals surface area contributed by atoms with Crippen LogP contribution in [0, 0.1) is 0 Å². The number of rotatable bonds is 7. The van der Waals surface area contributed by atoms with E-state index in [2.05, 4.69) is 22.0 Å². The van der Waals surface area contributed by atoms with Crippen molar-refractivity contribution < 1.29 is 14.2 Å². The Kier molecular flexibility index (Phi) is 7.53. The molecule has 0 saturated carbocycles. The first-order chi connectivity index (χ1) is 15.6. The van der Waals surface area contributed by atoms with Gasteiger partial charge in [-0.25, -0.2) is 0 Å². The molecule has 1 saturated heterocycles. The van der Waals surface area contributed by atoms with E-state index in [4.69, 9.17) is 37.4 Å². The average molecular weight is 471 g/mol. The van der Waals surface area contributed by atoms with Gasteiger partial charge in [0.25, 0.3) is 0 Å². The summed E-state index contributed by atoms with van der Waals surface area (Å²) in [5.74, 6) is 1.26. The maximum Gasteiger partial charge on any atom is 0.161 e. The lowest BCUT2D eigenvalue weighted by molar-refractivity contribution is 0.122. The van der Waals surface area contributed by atoms with Crippen LogP contribution < -0.4 is 14.4 Å². The van der Waals surface area contributed by atoms with E-state index in [0.29, 0.717) is 28.2 Å². The largest absolute Gasteiger partial charge is 0.493 e. The van der Waals surface area contributed by atoms with Crippen LogP contribution >= 0.6 is 23.2 Å². The molecule has 1 aliphatic rings. The summed E-state index contributed by atoms with van der Waals surface area (Å²) < 4.78 is 16.8. The van der Waals surface area contributed by atoms with Crippen molar-refractivity contribution in [1.29, 1.82) is 0 Å². The van der Waals surface area contributed by atoms with Crippen molar-refractivity contribution in [3.05, 3.63) is 81.8 Å². The number of halogens is 2. The molecule has 166 valence electrons. The number of methoxy groups -OCH3 is 1. The minimum atomic E-state index is 0.315. The second-order valence-corrected chi connectivity index (χ2v) is 8.15. The Balaban J connectivity index is 1.41. The molecule has 1 aliphatic heterocycles. The number of hydrogen-bond donors (Lipinski definition) is 0. The molecule has 0 amide bonds. The highest BCUT2D eigenvalue weighted by Crippen LogP contribution is 2.30. The molecule has 32 heavy (non-hydrogen) atoms. The van der Waals surface area contributed by atoms with Crippen molar-refractivity contribution in [2.75, 3.05) is 38.3 Å². The molecule has 5 nitrogen and oxygen atoms in total. The fourth-order valence-electron chi connectivity index (χ4n) is 3.40. The highest BCUT2D eigenvalue weighted by molar-refractivity contribution is 6.35. The molecule has 1 fully saturated rings. The smallest absolute Gasteiger partial charge is 0.161 e.